The molecule has 4 heteroatoms. The summed E-state index contributed by atoms with van der Waals surface area (Å²) in [6.45, 7) is 5.72. The van der Waals surface area contributed by atoms with Crippen molar-refractivity contribution in [3.8, 4) is 0 Å². The quantitative estimate of drug-likeness (QED) is 0.441. The zero-order chi connectivity index (χ0) is 10.3. The van der Waals surface area contributed by atoms with E-state index in [-0.39, 0.29) is 17.2 Å². The van der Waals surface area contributed by atoms with E-state index in [4.69, 9.17) is 7.85 Å². The molecule has 3 nitrogen and oxygen atoms in total. The highest BCUT2D eigenvalue weighted by atomic mass is 16.2. The van der Waals surface area contributed by atoms with Crippen molar-refractivity contribution < 1.29 is 9.59 Å². The molecule has 70 valence electrons. The highest BCUT2D eigenvalue weighted by Crippen LogP contribution is 2.47. The summed E-state index contributed by atoms with van der Waals surface area (Å²) in [7, 11) is 5.98. The van der Waals surface area contributed by atoms with Crippen LogP contribution in [0, 0.1) is 5.41 Å². The number of carbonyl (C=O) groups is 2. The van der Waals surface area contributed by atoms with E-state index in [9.17, 15) is 9.59 Å². The smallest absolute Gasteiger partial charge is 0.226 e. The Labute approximate surface area is 79.7 Å². The summed E-state index contributed by atoms with van der Waals surface area (Å²) in [6, 6.07) is 0. The Bertz CT molecular complexity index is 257. The fourth-order valence-electron chi connectivity index (χ4n) is 1.44. The molecule has 2 radical (unpaired) electrons. The maximum Gasteiger partial charge on any atom is 0.226 e. The molecule has 1 saturated heterocycles. The van der Waals surface area contributed by atoms with Crippen LogP contribution in [-0.2, 0) is 9.59 Å². The van der Waals surface area contributed by atoms with Crippen LogP contribution in [0.5, 0.6) is 0 Å². The monoisotopic (exact) mass is 179 g/mol. The van der Waals surface area contributed by atoms with Crippen molar-refractivity contribution in [3.63, 3.8) is 0 Å². The zero-order valence-electron chi connectivity index (χ0n) is 8.31. The maximum atomic E-state index is 11.5. The van der Waals surface area contributed by atoms with Gasteiger partial charge in [-0.05, 0) is 11.8 Å². The number of carbonyl (C=O) groups excluding carboxylic acids is 2. The Balaban J connectivity index is 2.92. The second-order valence-electron chi connectivity index (χ2n) is 4.60. The summed E-state index contributed by atoms with van der Waals surface area (Å²) in [4.78, 5) is 22.4. The average Bonchev–Trinajstić information content (AvgIpc) is 1.95. The molecule has 2 amide bonds. The lowest BCUT2D eigenvalue weighted by atomic mass is 9.51. The topological polar surface area (TPSA) is 46.2 Å². The van der Waals surface area contributed by atoms with Gasteiger partial charge in [0.15, 0.2) is 0 Å². The van der Waals surface area contributed by atoms with Gasteiger partial charge in [-0.1, -0.05) is 20.8 Å². The van der Waals surface area contributed by atoms with Crippen molar-refractivity contribution >= 4 is 19.7 Å². The van der Waals surface area contributed by atoms with Crippen molar-refractivity contribution in [1.82, 2.24) is 5.32 Å². The first-order valence-electron chi connectivity index (χ1n) is 4.40. The Morgan fingerprint density at radius 2 is 1.92 bits per heavy atom. The predicted octanol–water partition coefficient (Wildman–Crippen LogP) is 0.796. The molecule has 1 aliphatic rings. The van der Waals surface area contributed by atoms with Gasteiger partial charge in [0.05, 0.1) is 7.85 Å². The Morgan fingerprint density at radius 3 is 2.31 bits per heavy atom. The molecule has 0 aromatic heterocycles. The minimum absolute atomic E-state index is 0.227. The lowest BCUT2D eigenvalue weighted by Crippen LogP contribution is -2.50. The van der Waals surface area contributed by atoms with Gasteiger partial charge in [-0.25, -0.2) is 0 Å². The lowest BCUT2D eigenvalue weighted by molar-refractivity contribution is -0.138. The third kappa shape index (κ3) is 1.62. The largest absolute Gasteiger partial charge is 0.297 e. The summed E-state index contributed by atoms with van der Waals surface area (Å²) in [6.07, 6.45) is 0.765. The van der Waals surface area contributed by atoms with Crippen molar-refractivity contribution in [2.75, 3.05) is 0 Å². The highest BCUT2D eigenvalue weighted by molar-refractivity contribution is 6.31. The number of amides is 2. The first-order valence-corrected chi connectivity index (χ1v) is 4.40. The minimum atomic E-state index is -0.916. The number of piperidine rings is 1. The van der Waals surface area contributed by atoms with Gasteiger partial charge >= 0.3 is 0 Å². The molecular weight excluding hydrogens is 165 g/mol. The average molecular weight is 179 g/mol. The van der Waals surface area contributed by atoms with E-state index >= 15 is 0 Å². The molecular formula is C9H14BNO2. The van der Waals surface area contributed by atoms with Crippen LogP contribution in [-0.4, -0.2) is 19.7 Å². The first kappa shape index (κ1) is 10.3. The molecule has 0 aliphatic carbocycles. The van der Waals surface area contributed by atoms with E-state index in [0.29, 0.717) is 12.8 Å². The standard InChI is InChI=1S/C9H14BNO2/c1-8(2,3)9(10)5-4-6(12)11-7(9)13/h4-5H2,1-3H3,(H,11,12,13). The summed E-state index contributed by atoms with van der Waals surface area (Å²) in [5.41, 5.74) is -0.322. The van der Waals surface area contributed by atoms with E-state index in [0.717, 1.165) is 0 Å². The van der Waals surface area contributed by atoms with Gasteiger partial charge in [-0.3, -0.25) is 14.9 Å². The van der Waals surface area contributed by atoms with Crippen LogP contribution in [0.1, 0.15) is 33.6 Å². The van der Waals surface area contributed by atoms with Crippen LogP contribution >= 0.6 is 0 Å². The molecule has 0 saturated carbocycles. The molecule has 1 rings (SSSR count). The molecule has 1 aliphatic heterocycles. The zero-order valence-corrected chi connectivity index (χ0v) is 8.31. The van der Waals surface area contributed by atoms with E-state index in [1.165, 1.54) is 0 Å². The van der Waals surface area contributed by atoms with Gasteiger partial charge in [0, 0.05) is 11.7 Å². The normalized spacial score (nSPS) is 30.1. The number of nitrogens with one attached hydrogen (secondary N) is 1. The SMILES string of the molecule is [B]C1(C(C)(C)C)CCC(=O)NC1=O. The van der Waals surface area contributed by atoms with Crippen molar-refractivity contribution in [1.29, 1.82) is 0 Å². The lowest BCUT2D eigenvalue weighted by Gasteiger charge is -2.43. The van der Waals surface area contributed by atoms with Crippen molar-refractivity contribution in [3.05, 3.63) is 0 Å². The number of imide groups is 1. The highest BCUT2D eigenvalue weighted by Gasteiger charge is 2.46. The molecule has 0 spiro atoms. The number of hydrogen-bond donors (Lipinski definition) is 1. The first-order chi connectivity index (χ1) is 5.77. The van der Waals surface area contributed by atoms with E-state index < -0.39 is 5.31 Å². The van der Waals surface area contributed by atoms with Crippen LogP contribution in [0.15, 0.2) is 0 Å². The summed E-state index contributed by atoms with van der Waals surface area (Å²) in [5, 5.41) is 1.36. The fraction of sp³-hybridized carbons (Fsp3) is 0.778. The molecule has 1 atom stereocenters. The van der Waals surface area contributed by atoms with E-state index in [1.807, 2.05) is 20.8 Å². The third-order valence-electron chi connectivity index (χ3n) is 2.74. The van der Waals surface area contributed by atoms with Gasteiger partial charge < -0.3 is 0 Å². The molecule has 1 fully saturated rings. The Morgan fingerprint density at radius 1 is 1.38 bits per heavy atom. The molecule has 1 N–H and O–H groups in total. The third-order valence-corrected chi connectivity index (χ3v) is 2.74. The number of rotatable bonds is 0. The van der Waals surface area contributed by atoms with Gasteiger partial charge in [0.25, 0.3) is 0 Å². The van der Waals surface area contributed by atoms with Gasteiger partial charge in [-0.15, -0.1) is 0 Å². The summed E-state index contributed by atoms with van der Waals surface area (Å²) >= 11 is 0. The summed E-state index contributed by atoms with van der Waals surface area (Å²) < 4.78 is 0. The summed E-state index contributed by atoms with van der Waals surface area (Å²) in [5.74, 6) is -0.577. The minimum Gasteiger partial charge on any atom is -0.297 e. The molecule has 1 unspecified atom stereocenters. The molecule has 0 bridgehead atoms. The molecule has 13 heavy (non-hydrogen) atoms. The molecule has 0 aromatic carbocycles. The second kappa shape index (κ2) is 2.86. The molecule has 0 aromatic rings. The number of hydrogen-bond acceptors (Lipinski definition) is 2. The second-order valence-corrected chi connectivity index (χ2v) is 4.60. The predicted molar refractivity (Wildman–Crippen MR) is 50.3 cm³/mol. The van der Waals surface area contributed by atoms with Gasteiger partial charge in [-0.2, -0.15) is 0 Å². The van der Waals surface area contributed by atoms with E-state index in [1.54, 1.807) is 0 Å². The van der Waals surface area contributed by atoms with Crippen LogP contribution in [0.2, 0.25) is 5.31 Å². The fourth-order valence-corrected chi connectivity index (χ4v) is 1.44. The molecule has 1 heterocycles. The van der Waals surface area contributed by atoms with Crippen molar-refractivity contribution in [2.24, 2.45) is 5.41 Å². The van der Waals surface area contributed by atoms with Crippen LogP contribution in [0.3, 0.4) is 0 Å². The van der Waals surface area contributed by atoms with Crippen LogP contribution in [0.25, 0.3) is 0 Å². The van der Waals surface area contributed by atoms with Crippen molar-refractivity contribution in [2.45, 2.75) is 38.9 Å². The van der Waals surface area contributed by atoms with E-state index in [2.05, 4.69) is 5.32 Å². The van der Waals surface area contributed by atoms with Crippen LogP contribution in [0.4, 0.5) is 0 Å². The van der Waals surface area contributed by atoms with Gasteiger partial charge in [0.1, 0.15) is 0 Å². The Hall–Kier alpha value is -0.795. The van der Waals surface area contributed by atoms with Crippen LogP contribution < -0.4 is 5.32 Å². The maximum absolute atomic E-state index is 11.5. The Kier molecular flexibility index (Phi) is 2.26. The van der Waals surface area contributed by atoms with Gasteiger partial charge in [0.2, 0.25) is 11.8 Å².